The quantitative estimate of drug-likeness (QED) is 0.692. The van der Waals surface area contributed by atoms with Gasteiger partial charge in [0.25, 0.3) is 0 Å². The van der Waals surface area contributed by atoms with E-state index in [4.69, 9.17) is 23.5 Å². The molecule has 1 aromatic carbocycles. The van der Waals surface area contributed by atoms with Gasteiger partial charge in [-0.3, -0.25) is 4.79 Å². The van der Waals surface area contributed by atoms with Crippen LogP contribution in [0.5, 0.6) is 17.2 Å². The number of benzene rings is 1. The monoisotopic (exact) mass is 391 g/mol. The summed E-state index contributed by atoms with van der Waals surface area (Å²) in [4.78, 5) is 16.3. The summed E-state index contributed by atoms with van der Waals surface area (Å²) < 4.78 is 26.8. The fourth-order valence-electron chi connectivity index (χ4n) is 3.03. The minimum absolute atomic E-state index is 0.0666. The number of aryl methyl sites for hydroxylation is 1. The van der Waals surface area contributed by atoms with Gasteiger partial charge in [-0.25, -0.2) is 0 Å². The van der Waals surface area contributed by atoms with Crippen molar-refractivity contribution in [3.8, 4) is 28.6 Å². The third-order valence-corrected chi connectivity index (χ3v) is 4.51. The first kappa shape index (κ1) is 19.9. The zero-order valence-corrected chi connectivity index (χ0v) is 16.3. The largest absolute Gasteiger partial charge is 0.493 e. The summed E-state index contributed by atoms with van der Waals surface area (Å²) in [5.74, 6) is 2.18. The van der Waals surface area contributed by atoms with Gasteiger partial charge in [0.15, 0.2) is 11.5 Å². The lowest BCUT2D eigenvalue weighted by molar-refractivity contribution is -0.121. The van der Waals surface area contributed by atoms with Crippen LogP contribution in [0.15, 0.2) is 16.7 Å². The molecule has 1 aromatic heterocycles. The van der Waals surface area contributed by atoms with E-state index in [9.17, 15) is 4.79 Å². The van der Waals surface area contributed by atoms with E-state index >= 15 is 0 Å². The third-order valence-electron chi connectivity index (χ3n) is 4.51. The first-order valence-corrected chi connectivity index (χ1v) is 9.15. The number of carbonyl (C=O) groups excluding carboxylic acids is 1. The fourth-order valence-corrected chi connectivity index (χ4v) is 3.03. The van der Waals surface area contributed by atoms with Gasteiger partial charge in [0.1, 0.15) is 0 Å². The van der Waals surface area contributed by atoms with E-state index in [1.165, 1.54) is 21.3 Å². The van der Waals surface area contributed by atoms with E-state index < -0.39 is 0 Å². The van der Waals surface area contributed by atoms with Gasteiger partial charge in [-0.05, 0) is 25.0 Å². The molecular weight excluding hydrogens is 366 g/mol. The number of rotatable bonds is 9. The van der Waals surface area contributed by atoms with Crippen LogP contribution in [0.4, 0.5) is 0 Å². The summed E-state index contributed by atoms with van der Waals surface area (Å²) in [7, 11) is 4.62. The predicted octanol–water partition coefficient (Wildman–Crippen LogP) is 1.99. The first-order chi connectivity index (χ1) is 13.6. The fraction of sp³-hybridized carbons (Fsp3) is 0.526. The average molecular weight is 391 g/mol. The molecule has 0 saturated carbocycles. The molecule has 2 aromatic rings. The maximum Gasteiger partial charge on any atom is 0.227 e. The van der Waals surface area contributed by atoms with Crippen molar-refractivity contribution in [2.75, 3.05) is 34.5 Å². The highest BCUT2D eigenvalue weighted by molar-refractivity contribution is 5.76. The number of nitrogens with zero attached hydrogens (tertiary/aromatic N) is 2. The molecule has 152 valence electrons. The molecule has 1 atom stereocenters. The molecule has 1 unspecified atom stereocenters. The van der Waals surface area contributed by atoms with E-state index in [0.29, 0.717) is 47.5 Å². The molecule has 0 radical (unpaired) electrons. The second-order valence-corrected chi connectivity index (χ2v) is 6.36. The predicted molar refractivity (Wildman–Crippen MR) is 99.7 cm³/mol. The van der Waals surface area contributed by atoms with E-state index in [1.54, 1.807) is 12.1 Å². The van der Waals surface area contributed by atoms with Gasteiger partial charge in [0.2, 0.25) is 23.4 Å². The Kier molecular flexibility index (Phi) is 6.70. The first-order valence-electron chi connectivity index (χ1n) is 9.15. The number of hydrogen-bond donors (Lipinski definition) is 1. The maximum atomic E-state index is 12.0. The topological polar surface area (TPSA) is 105 Å². The minimum Gasteiger partial charge on any atom is -0.493 e. The molecule has 1 amide bonds. The highest BCUT2D eigenvalue weighted by Crippen LogP contribution is 2.40. The van der Waals surface area contributed by atoms with E-state index in [0.717, 1.165) is 19.4 Å². The lowest BCUT2D eigenvalue weighted by Crippen LogP contribution is -2.31. The van der Waals surface area contributed by atoms with Crippen molar-refractivity contribution in [2.45, 2.75) is 31.8 Å². The smallest absolute Gasteiger partial charge is 0.227 e. The number of amides is 1. The Morgan fingerprint density at radius 3 is 2.57 bits per heavy atom. The van der Waals surface area contributed by atoms with Crippen molar-refractivity contribution in [3.05, 3.63) is 18.0 Å². The van der Waals surface area contributed by atoms with E-state index in [-0.39, 0.29) is 18.4 Å². The van der Waals surface area contributed by atoms with Crippen molar-refractivity contribution < 1.29 is 28.3 Å². The molecule has 28 heavy (non-hydrogen) atoms. The Bertz CT molecular complexity index is 776. The molecule has 0 aliphatic carbocycles. The third kappa shape index (κ3) is 4.72. The normalized spacial score (nSPS) is 16.0. The van der Waals surface area contributed by atoms with Crippen LogP contribution < -0.4 is 19.5 Å². The zero-order chi connectivity index (χ0) is 19.9. The summed E-state index contributed by atoms with van der Waals surface area (Å²) in [5, 5.41) is 6.87. The van der Waals surface area contributed by atoms with E-state index in [2.05, 4.69) is 15.5 Å². The Morgan fingerprint density at radius 1 is 1.21 bits per heavy atom. The summed E-state index contributed by atoms with van der Waals surface area (Å²) in [6.07, 6.45) is 2.78. The van der Waals surface area contributed by atoms with Crippen LogP contribution >= 0.6 is 0 Å². The van der Waals surface area contributed by atoms with Gasteiger partial charge < -0.3 is 28.8 Å². The Morgan fingerprint density at radius 2 is 1.96 bits per heavy atom. The molecule has 2 heterocycles. The second-order valence-electron chi connectivity index (χ2n) is 6.36. The van der Waals surface area contributed by atoms with Gasteiger partial charge in [0, 0.05) is 31.6 Å². The van der Waals surface area contributed by atoms with Crippen LogP contribution in [0.25, 0.3) is 11.4 Å². The van der Waals surface area contributed by atoms with Crippen molar-refractivity contribution in [2.24, 2.45) is 0 Å². The Balaban J connectivity index is 1.61. The van der Waals surface area contributed by atoms with Gasteiger partial charge >= 0.3 is 0 Å². The number of hydrogen-bond acceptors (Lipinski definition) is 8. The lowest BCUT2D eigenvalue weighted by Gasteiger charge is -2.12. The highest BCUT2D eigenvalue weighted by atomic mass is 16.5. The SMILES string of the molecule is COc1cc(-c2noc(CCC(=O)NCC3CCCO3)n2)cc(OC)c1OC. The summed E-state index contributed by atoms with van der Waals surface area (Å²) in [6, 6.07) is 3.48. The van der Waals surface area contributed by atoms with Gasteiger partial charge in [0.05, 0.1) is 27.4 Å². The summed E-state index contributed by atoms with van der Waals surface area (Å²) >= 11 is 0. The number of carbonyl (C=O) groups is 1. The summed E-state index contributed by atoms with van der Waals surface area (Å²) in [5.41, 5.74) is 0.660. The van der Waals surface area contributed by atoms with Crippen molar-refractivity contribution in [1.29, 1.82) is 0 Å². The van der Waals surface area contributed by atoms with Crippen LogP contribution in [-0.4, -0.2) is 56.6 Å². The van der Waals surface area contributed by atoms with Crippen molar-refractivity contribution >= 4 is 5.91 Å². The van der Waals surface area contributed by atoms with Crippen LogP contribution in [-0.2, 0) is 16.0 Å². The number of ether oxygens (including phenoxy) is 4. The van der Waals surface area contributed by atoms with Gasteiger partial charge in [-0.2, -0.15) is 4.98 Å². The van der Waals surface area contributed by atoms with Crippen LogP contribution in [0.2, 0.25) is 0 Å². The van der Waals surface area contributed by atoms with E-state index in [1.807, 2.05) is 0 Å². The molecule has 9 nitrogen and oxygen atoms in total. The number of methoxy groups -OCH3 is 3. The molecule has 1 aliphatic rings. The Labute approximate surface area is 163 Å². The van der Waals surface area contributed by atoms with Gasteiger partial charge in [-0.15, -0.1) is 0 Å². The van der Waals surface area contributed by atoms with Crippen LogP contribution in [0, 0.1) is 0 Å². The molecular formula is C19H25N3O6. The molecule has 1 fully saturated rings. The maximum absolute atomic E-state index is 12.0. The molecule has 3 rings (SSSR count). The molecule has 0 bridgehead atoms. The molecule has 1 N–H and O–H groups in total. The number of aromatic nitrogens is 2. The molecule has 1 aliphatic heterocycles. The van der Waals surface area contributed by atoms with Gasteiger partial charge in [-0.1, -0.05) is 5.16 Å². The Hall–Kier alpha value is -2.81. The van der Waals surface area contributed by atoms with Crippen molar-refractivity contribution in [1.82, 2.24) is 15.5 Å². The average Bonchev–Trinajstić information content (AvgIpc) is 3.41. The summed E-state index contributed by atoms with van der Waals surface area (Å²) in [6.45, 7) is 1.31. The number of nitrogens with one attached hydrogen (secondary N) is 1. The van der Waals surface area contributed by atoms with Crippen molar-refractivity contribution in [3.63, 3.8) is 0 Å². The molecule has 0 spiro atoms. The standard InChI is InChI=1S/C19H25N3O6/c1-24-14-9-12(10-15(25-2)18(14)26-3)19-21-17(28-22-19)7-6-16(23)20-11-13-5-4-8-27-13/h9-10,13H,4-8,11H2,1-3H3,(H,20,23). The highest BCUT2D eigenvalue weighted by Gasteiger charge is 2.19. The molecule has 1 saturated heterocycles. The minimum atomic E-state index is -0.0666. The van der Waals surface area contributed by atoms with Crippen LogP contribution in [0.1, 0.15) is 25.2 Å². The van der Waals surface area contributed by atoms with Crippen LogP contribution in [0.3, 0.4) is 0 Å². The molecule has 9 heteroatoms. The second kappa shape index (κ2) is 9.41. The lowest BCUT2D eigenvalue weighted by atomic mass is 10.1. The zero-order valence-electron chi connectivity index (χ0n) is 16.3.